The fourth-order valence-electron chi connectivity index (χ4n) is 2.10. The van der Waals surface area contributed by atoms with E-state index in [4.69, 9.17) is 9.47 Å². The maximum Gasteiger partial charge on any atom is 0.259 e. The van der Waals surface area contributed by atoms with Crippen LogP contribution in [0.2, 0.25) is 0 Å². The quantitative estimate of drug-likeness (QED) is 0.765. The van der Waals surface area contributed by atoms with E-state index in [0.29, 0.717) is 35.7 Å². The summed E-state index contributed by atoms with van der Waals surface area (Å²) in [5.74, 6) is 0.0449. The van der Waals surface area contributed by atoms with E-state index in [-0.39, 0.29) is 11.8 Å². The number of ether oxygens (including phenoxy) is 2. The Kier molecular flexibility index (Phi) is 6.33. The average Bonchev–Trinajstić information content (AvgIpc) is 2.62. The van der Waals surface area contributed by atoms with Gasteiger partial charge in [0.2, 0.25) is 0 Å². The van der Waals surface area contributed by atoms with E-state index >= 15 is 0 Å². The Morgan fingerprint density at radius 3 is 2.33 bits per heavy atom. The summed E-state index contributed by atoms with van der Waals surface area (Å²) in [6.07, 6.45) is 0. The van der Waals surface area contributed by atoms with Crippen LogP contribution >= 0.6 is 0 Å². The molecule has 0 bridgehead atoms. The molecule has 0 aromatic heterocycles. The molecular formula is C18H20N2O4. The molecule has 2 aromatic rings. The maximum atomic E-state index is 12.3. The van der Waals surface area contributed by atoms with Gasteiger partial charge < -0.3 is 20.1 Å². The summed E-state index contributed by atoms with van der Waals surface area (Å²) in [5, 5.41) is 5.51. The highest BCUT2D eigenvalue weighted by molar-refractivity contribution is 6.06. The van der Waals surface area contributed by atoms with E-state index in [2.05, 4.69) is 10.6 Å². The highest BCUT2D eigenvalue weighted by Gasteiger charge is 2.12. The third kappa shape index (κ3) is 4.57. The van der Waals surface area contributed by atoms with Gasteiger partial charge in [0, 0.05) is 24.9 Å². The zero-order chi connectivity index (χ0) is 17.4. The van der Waals surface area contributed by atoms with Crippen molar-refractivity contribution < 1.29 is 19.1 Å². The van der Waals surface area contributed by atoms with Gasteiger partial charge in [-0.1, -0.05) is 12.1 Å². The second-order valence-corrected chi connectivity index (χ2v) is 4.98. The largest absolute Gasteiger partial charge is 0.496 e. The zero-order valence-corrected chi connectivity index (χ0v) is 13.7. The molecule has 0 aliphatic rings. The van der Waals surface area contributed by atoms with Gasteiger partial charge in [-0.15, -0.1) is 0 Å². The van der Waals surface area contributed by atoms with Crippen molar-refractivity contribution in [2.24, 2.45) is 0 Å². The van der Waals surface area contributed by atoms with Crippen molar-refractivity contribution in [2.45, 2.75) is 0 Å². The summed E-state index contributed by atoms with van der Waals surface area (Å²) in [6.45, 7) is 0.903. The second kappa shape index (κ2) is 8.69. The Morgan fingerprint density at radius 1 is 0.958 bits per heavy atom. The first-order valence-electron chi connectivity index (χ1n) is 7.47. The maximum absolute atomic E-state index is 12.3. The third-order valence-corrected chi connectivity index (χ3v) is 3.35. The van der Waals surface area contributed by atoms with Gasteiger partial charge in [-0.3, -0.25) is 9.59 Å². The lowest BCUT2D eigenvalue weighted by Gasteiger charge is -2.10. The van der Waals surface area contributed by atoms with Crippen LogP contribution in [0.3, 0.4) is 0 Å². The molecule has 0 fully saturated rings. The molecule has 2 aromatic carbocycles. The van der Waals surface area contributed by atoms with Gasteiger partial charge in [0.05, 0.1) is 19.3 Å². The summed E-state index contributed by atoms with van der Waals surface area (Å²) in [6, 6.07) is 13.6. The van der Waals surface area contributed by atoms with E-state index in [0.717, 1.165) is 0 Å². The number of amides is 2. The Hall–Kier alpha value is -2.86. The van der Waals surface area contributed by atoms with E-state index in [1.54, 1.807) is 55.6 Å². The van der Waals surface area contributed by atoms with Crippen LogP contribution in [-0.2, 0) is 4.74 Å². The number of nitrogens with one attached hydrogen (secondary N) is 2. The normalized spacial score (nSPS) is 10.1. The van der Waals surface area contributed by atoms with Crippen molar-refractivity contribution in [3.05, 3.63) is 59.7 Å². The summed E-state index contributed by atoms with van der Waals surface area (Å²) >= 11 is 0. The Morgan fingerprint density at radius 2 is 1.67 bits per heavy atom. The first kappa shape index (κ1) is 17.5. The summed E-state index contributed by atoms with van der Waals surface area (Å²) < 4.78 is 10.1. The van der Waals surface area contributed by atoms with E-state index in [1.807, 2.05) is 0 Å². The van der Waals surface area contributed by atoms with E-state index in [9.17, 15) is 9.59 Å². The lowest BCUT2D eigenvalue weighted by Crippen LogP contribution is -2.26. The number of carbonyl (C=O) groups is 2. The van der Waals surface area contributed by atoms with E-state index in [1.165, 1.54) is 7.11 Å². The molecule has 0 heterocycles. The van der Waals surface area contributed by atoms with Crippen molar-refractivity contribution in [3.8, 4) is 5.75 Å². The lowest BCUT2D eigenvalue weighted by atomic mass is 10.1. The Labute approximate surface area is 140 Å². The molecule has 0 saturated carbocycles. The number of carbonyl (C=O) groups excluding carboxylic acids is 2. The molecule has 24 heavy (non-hydrogen) atoms. The van der Waals surface area contributed by atoms with Crippen LogP contribution in [0.1, 0.15) is 20.7 Å². The van der Waals surface area contributed by atoms with Crippen LogP contribution in [0.15, 0.2) is 48.5 Å². The van der Waals surface area contributed by atoms with Gasteiger partial charge in [0.1, 0.15) is 5.75 Å². The molecule has 0 unspecified atom stereocenters. The first-order valence-corrected chi connectivity index (χ1v) is 7.47. The van der Waals surface area contributed by atoms with Gasteiger partial charge in [-0.2, -0.15) is 0 Å². The minimum absolute atomic E-state index is 0.186. The van der Waals surface area contributed by atoms with Crippen LogP contribution < -0.4 is 15.4 Å². The molecule has 2 amide bonds. The smallest absolute Gasteiger partial charge is 0.259 e. The number of para-hydroxylation sites is 1. The number of benzene rings is 2. The Bertz CT molecular complexity index is 698. The van der Waals surface area contributed by atoms with Crippen molar-refractivity contribution in [3.63, 3.8) is 0 Å². The van der Waals surface area contributed by atoms with Gasteiger partial charge in [0.25, 0.3) is 11.8 Å². The molecule has 0 spiro atoms. The van der Waals surface area contributed by atoms with Crippen molar-refractivity contribution in [2.75, 3.05) is 32.7 Å². The fraction of sp³-hybridized carbons (Fsp3) is 0.222. The molecule has 6 heteroatoms. The summed E-state index contributed by atoms with van der Waals surface area (Å²) in [4.78, 5) is 24.2. The SMILES string of the molecule is COCCNC(=O)c1ccc(NC(=O)c2ccccc2OC)cc1. The highest BCUT2D eigenvalue weighted by atomic mass is 16.5. The third-order valence-electron chi connectivity index (χ3n) is 3.35. The van der Waals surface area contributed by atoms with Crippen molar-refractivity contribution in [1.82, 2.24) is 5.32 Å². The number of hydrogen-bond acceptors (Lipinski definition) is 4. The molecular weight excluding hydrogens is 308 g/mol. The second-order valence-electron chi connectivity index (χ2n) is 4.98. The molecule has 0 aliphatic heterocycles. The van der Waals surface area contributed by atoms with Gasteiger partial charge in [-0.25, -0.2) is 0 Å². The standard InChI is InChI=1S/C18H20N2O4/c1-23-12-11-19-17(21)13-7-9-14(10-8-13)20-18(22)15-5-3-4-6-16(15)24-2/h3-10H,11-12H2,1-2H3,(H,19,21)(H,20,22). The minimum atomic E-state index is -0.273. The highest BCUT2D eigenvalue weighted by Crippen LogP contribution is 2.19. The molecule has 0 saturated heterocycles. The molecule has 126 valence electrons. The molecule has 2 N–H and O–H groups in total. The van der Waals surface area contributed by atoms with Crippen LogP contribution in [-0.4, -0.2) is 39.2 Å². The molecule has 0 radical (unpaired) electrons. The average molecular weight is 328 g/mol. The molecule has 2 rings (SSSR count). The predicted molar refractivity (Wildman–Crippen MR) is 91.6 cm³/mol. The summed E-state index contributed by atoms with van der Waals surface area (Å²) in [5.41, 5.74) is 1.56. The molecule has 6 nitrogen and oxygen atoms in total. The van der Waals surface area contributed by atoms with Crippen LogP contribution in [0.4, 0.5) is 5.69 Å². The number of methoxy groups -OCH3 is 2. The van der Waals surface area contributed by atoms with Gasteiger partial charge >= 0.3 is 0 Å². The topological polar surface area (TPSA) is 76.7 Å². The molecule has 0 aliphatic carbocycles. The van der Waals surface area contributed by atoms with Gasteiger partial charge in [0.15, 0.2) is 0 Å². The van der Waals surface area contributed by atoms with Crippen molar-refractivity contribution >= 4 is 17.5 Å². The number of anilines is 1. The number of hydrogen-bond donors (Lipinski definition) is 2. The lowest BCUT2D eigenvalue weighted by molar-refractivity contribution is 0.0936. The fourth-order valence-corrected chi connectivity index (χ4v) is 2.10. The van der Waals surface area contributed by atoms with Crippen LogP contribution in [0.25, 0.3) is 0 Å². The number of rotatable bonds is 7. The Balaban J connectivity index is 2.01. The molecule has 0 atom stereocenters. The predicted octanol–water partition coefficient (Wildman–Crippen LogP) is 2.32. The van der Waals surface area contributed by atoms with Crippen LogP contribution in [0, 0.1) is 0 Å². The zero-order valence-electron chi connectivity index (χ0n) is 13.7. The first-order chi connectivity index (χ1) is 11.7. The monoisotopic (exact) mass is 328 g/mol. The van der Waals surface area contributed by atoms with Crippen molar-refractivity contribution in [1.29, 1.82) is 0 Å². The van der Waals surface area contributed by atoms with E-state index < -0.39 is 0 Å². The van der Waals surface area contributed by atoms with Crippen LogP contribution in [0.5, 0.6) is 5.75 Å². The minimum Gasteiger partial charge on any atom is -0.496 e. The van der Waals surface area contributed by atoms with Gasteiger partial charge in [-0.05, 0) is 36.4 Å². The summed E-state index contributed by atoms with van der Waals surface area (Å²) in [7, 11) is 3.09.